The molecule has 3 atom stereocenters. The Hall–Kier alpha value is -0.790. The van der Waals surface area contributed by atoms with E-state index in [1.807, 2.05) is 0 Å². The molecule has 0 aliphatic rings. The minimum Gasteiger partial charge on any atom is -0.480 e. The Bertz CT molecular complexity index is 224. The molecule has 0 fully saturated rings. The molecule has 6 nitrogen and oxygen atoms in total. The van der Waals surface area contributed by atoms with Gasteiger partial charge in [0.05, 0.1) is 0 Å². The summed E-state index contributed by atoms with van der Waals surface area (Å²) >= 11 is 1.14. The Morgan fingerprint density at radius 3 is 2.14 bits per heavy atom. The van der Waals surface area contributed by atoms with Crippen LogP contribution in [0.1, 0.15) is 6.92 Å². The molecule has 14 heavy (non-hydrogen) atoms. The molecule has 0 amide bonds. The maximum atomic E-state index is 10.4. The van der Waals surface area contributed by atoms with Gasteiger partial charge in [-0.05, 0) is 0 Å². The lowest BCUT2D eigenvalue weighted by molar-refractivity contribution is -0.139. The Morgan fingerprint density at radius 1 is 1.29 bits per heavy atom. The lowest BCUT2D eigenvalue weighted by Crippen LogP contribution is -2.40. The van der Waals surface area contributed by atoms with E-state index in [-0.39, 0.29) is 11.0 Å². The van der Waals surface area contributed by atoms with E-state index in [4.69, 9.17) is 21.7 Å². The molecule has 0 spiro atoms. The van der Waals surface area contributed by atoms with E-state index in [2.05, 4.69) is 0 Å². The van der Waals surface area contributed by atoms with Crippen molar-refractivity contribution in [2.75, 3.05) is 5.75 Å². The number of hydrogen-bond acceptors (Lipinski definition) is 5. The second-order valence-corrected chi connectivity index (χ2v) is 4.26. The van der Waals surface area contributed by atoms with Gasteiger partial charge < -0.3 is 21.7 Å². The van der Waals surface area contributed by atoms with Crippen molar-refractivity contribution < 1.29 is 19.8 Å². The summed E-state index contributed by atoms with van der Waals surface area (Å²) in [4.78, 5) is 20.8. The van der Waals surface area contributed by atoms with Crippen LogP contribution in [0.15, 0.2) is 0 Å². The molecule has 1 unspecified atom stereocenters. The van der Waals surface area contributed by atoms with E-state index in [1.165, 1.54) is 0 Å². The van der Waals surface area contributed by atoms with Crippen molar-refractivity contribution in [3.05, 3.63) is 0 Å². The molecule has 0 aromatic heterocycles. The van der Waals surface area contributed by atoms with E-state index in [9.17, 15) is 9.59 Å². The van der Waals surface area contributed by atoms with E-state index in [0.717, 1.165) is 11.8 Å². The summed E-state index contributed by atoms with van der Waals surface area (Å²) in [5.74, 6) is -2.06. The molecule has 0 aromatic rings. The van der Waals surface area contributed by atoms with Crippen molar-refractivity contribution in [2.45, 2.75) is 24.3 Å². The second-order valence-electron chi connectivity index (χ2n) is 2.85. The Morgan fingerprint density at radius 2 is 1.79 bits per heavy atom. The lowest BCUT2D eigenvalue weighted by Gasteiger charge is -2.16. The van der Waals surface area contributed by atoms with Crippen LogP contribution in [0.4, 0.5) is 0 Å². The first-order valence-electron chi connectivity index (χ1n) is 3.94. The lowest BCUT2D eigenvalue weighted by atomic mass is 10.2. The van der Waals surface area contributed by atoms with E-state index >= 15 is 0 Å². The van der Waals surface area contributed by atoms with Gasteiger partial charge in [-0.15, -0.1) is 0 Å². The smallest absolute Gasteiger partial charge is 0.321 e. The highest BCUT2D eigenvalue weighted by molar-refractivity contribution is 8.00. The number of carboxylic acid groups (broad SMARTS) is 2. The summed E-state index contributed by atoms with van der Waals surface area (Å²) < 4.78 is 0. The summed E-state index contributed by atoms with van der Waals surface area (Å²) in [7, 11) is 0. The van der Waals surface area contributed by atoms with Crippen molar-refractivity contribution >= 4 is 23.7 Å². The maximum Gasteiger partial charge on any atom is 0.321 e. The van der Waals surface area contributed by atoms with Gasteiger partial charge in [-0.2, -0.15) is 11.8 Å². The van der Waals surface area contributed by atoms with Crippen molar-refractivity contribution in [1.82, 2.24) is 0 Å². The minimum absolute atomic E-state index is 0.150. The monoisotopic (exact) mass is 222 g/mol. The van der Waals surface area contributed by atoms with E-state index < -0.39 is 24.0 Å². The fraction of sp³-hybridized carbons (Fsp3) is 0.714. The highest BCUT2D eigenvalue weighted by Crippen LogP contribution is 2.14. The highest BCUT2D eigenvalue weighted by atomic mass is 32.2. The first-order chi connectivity index (χ1) is 6.36. The Labute approximate surface area is 85.6 Å². The van der Waals surface area contributed by atoms with Crippen LogP contribution in [-0.4, -0.2) is 45.2 Å². The highest BCUT2D eigenvalue weighted by Gasteiger charge is 2.22. The number of carboxylic acids is 2. The molecule has 0 saturated heterocycles. The molecule has 0 bridgehead atoms. The van der Waals surface area contributed by atoms with Crippen LogP contribution in [0.5, 0.6) is 0 Å². The summed E-state index contributed by atoms with van der Waals surface area (Å²) in [5.41, 5.74) is 10.5. The van der Waals surface area contributed by atoms with Crippen LogP contribution in [0.2, 0.25) is 0 Å². The van der Waals surface area contributed by atoms with Gasteiger partial charge in [0.15, 0.2) is 0 Å². The third-order valence-electron chi connectivity index (χ3n) is 1.65. The number of thioether (sulfide) groups is 1. The standard InChI is InChI=1S/C7H14N2O4S/c1-3(5(9)7(12)13)14-2-4(8)6(10)11/h3-5H,2,8-9H2,1H3,(H,10,11)(H,12,13)/t3-,4?,5-/m1/s1. The average Bonchev–Trinajstić information content (AvgIpc) is 2.11. The summed E-state index contributed by atoms with van der Waals surface area (Å²) in [6.45, 7) is 1.62. The van der Waals surface area contributed by atoms with E-state index in [0.29, 0.717) is 0 Å². The molecule has 0 rings (SSSR count). The van der Waals surface area contributed by atoms with Gasteiger partial charge in [0.2, 0.25) is 0 Å². The maximum absolute atomic E-state index is 10.4. The topological polar surface area (TPSA) is 127 Å². The molecule has 6 N–H and O–H groups in total. The molecule has 0 aliphatic carbocycles. The van der Waals surface area contributed by atoms with Crippen molar-refractivity contribution in [3.63, 3.8) is 0 Å². The zero-order valence-corrected chi connectivity index (χ0v) is 8.53. The van der Waals surface area contributed by atoms with Crippen LogP contribution >= 0.6 is 11.8 Å². The van der Waals surface area contributed by atoms with Gasteiger partial charge in [0.1, 0.15) is 12.1 Å². The quantitative estimate of drug-likeness (QED) is 0.450. The summed E-state index contributed by atoms with van der Waals surface area (Å²) in [6, 6.07) is -1.98. The molecular formula is C7H14N2O4S. The number of nitrogens with two attached hydrogens (primary N) is 2. The van der Waals surface area contributed by atoms with Gasteiger partial charge in [-0.25, -0.2) is 0 Å². The number of carbonyl (C=O) groups is 2. The molecule has 7 heteroatoms. The van der Waals surface area contributed by atoms with Crippen molar-refractivity contribution in [2.24, 2.45) is 11.5 Å². The van der Waals surface area contributed by atoms with Gasteiger partial charge in [-0.1, -0.05) is 6.92 Å². The number of hydrogen-bond donors (Lipinski definition) is 4. The van der Waals surface area contributed by atoms with Gasteiger partial charge in [0, 0.05) is 11.0 Å². The van der Waals surface area contributed by atoms with Crippen LogP contribution in [-0.2, 0) is 9.59 Å². The number of rotatable bonds is 6. The summed E-state index contributed by atoms with van der Waals surface area (Å²) in [5, 5.41) is 16.6. The molecule has 0 saturated carbocycles. The van der Waals surface area contributed by atoms with E-state index in [1.54, 1.807) is 6.92 Å². The fourth-order valence-corrected chi connectivity index (χ4v) is 1.61. The molecule has 0 aliphatic heterocycles. The average molecular weight is 222 g/mol. The normalized spacial score (nSPS) is 17.1. The Balaban J connectivity index is 3.90. The van der Waals surface area contributed by atoms with Crippen LogP contribution in [0.25, 0.3) is 0 Å². The van der Waals surface area contributed by atoms with Gasteiger partial charge >= 0.3 is 11.9 Å². The van der Waals surface area contributed by atoms with Crippen molar-refractivity contribution in [1.29, 1.82) is 0 Å². The molecule has 0 heterocycles. The summed E-state index contributed by atoms with van der Waals surface area (Å²) in [6.07, 6.45) is 0. The van der Waals surface area contributed by atoms with Gasteiger partial charge in [-0.3, -0.25) is 9.59 Å². The molecule has 82 valence electrons. The molecule has 0 aromatic carbocycles. The zero-order chi connectivity index (χ0) is 11.3. The first-order valence-corrected chi connectivity index (χ1v) is 4.99. The van der Waals surface area contributed by atoms with Crippen molar-refractivity contribution in [3.8, 4) is 0 Å². The number of aliphatic carboxylic acids is 2. The van der Waals surface area contributed by atoms with Crippen LogP contribution in [0.3, 0.4) is 0 Å². The predicted molar refractivity (Wildman–Crippen MR) is 53.1 cm³/mol. The van der Waals surface area contributed by atoms with Crippen LogP contribution < -0.4 is 11.5 Å². The first kappa shape index (κ1) is 13.2. The van der Waals surface area contributed by atoms with Crippen LogP contribution in [0, 0.1) is 0 Å². The minimum atomic E-state index is -1.10. The fourth-order valence-electron chi connectivity index (χ4n) is 0.631. The SMILES string of the molecule is C[C@@H](SCC(N)C(=O)O)[C@@H](N)C(=O)O. The Kier molecular flexibility index (Phi) is 5.51. The zero-order valence-electron chi connectivity index (χ0n) is 7.71. The molecule has 0 radical (unpaired) electrons. The second kappa shape index (κ2) is 5.84. The third-order valence-corrected chi connectivity index (χ3v) is 3.02. The third kappa shape index (κ3) is 4.45. The predicted octanol–water partition coefficient (Wildman–Crippen LogP) is -1.07. The largest absolute Gasteiger partial charge is 0.480 e. The van der Waals surface area contributed by atoms with Gasteiger partial charge in [0.25, 0.3) is 0 Å². The molecular weight excluding hydrogens is 208 g/mol.